The standard InChI is InChI=1S/C28H34FIN2O8/c1-3-39-16-25(35)32(14-17-4-6-20(29)7-5-17)22-12-19(28(37)31-8-9-33)13-23(26(22)36)40-27-21(30)10-18(15-34)11-24(27)38-2/h4-7,10-11,13,22-23,26,33-34,36H,3,8-9,12,14-16H2,1-2H3,(H,31,37). The lowest BCUT2D eigenvalue weighted by molar-refractivity contribution is -0.144. The van der Waals surface area contributed by atoms with Crippen molar-refractivity contribution in [1.29, 1.82) is 0 Å². The second-order valence-electron chi connectivity index (χ2n) is 9.07. The highest BCUT2D eigenvalue weighted by atomic mass is 127. The minimum Gasteiger partial charge on any atom is -0.493 e. The monoisotopic (exact) mass is 672 g/mol. The normalized spacial score (nSPS) is 18.6. The van der Waals surface area contributed by atoms with Gasteiger partial charge >= 0.3 is 0 Å². The van der Waals surface area contributed by atoms with E-state index in [9.17, 15) is 29.3 Å². The van der Waals surface area contributed by atoms with Crippen LogP contribution in [0.25, 0.3) is 0 Å². The molecule has 0 heterocycles. The Hall–Kier alpha value is -2.78. The van der Waals surface area contributed by atoms with E-state index in [-0.39, 0.29) is 44.9 Å². The number of hydrogen-bond donors (Lipinski definition) is 4. The van der Waals surface area contributed by atoms with Crippen molar-refractivity contribution in [3.05, 3.63) is 68.6 Å². The van der Waals surface area contributed by atoms with E-state index in [1.165, 1.54) is 30.2 Å². The van der Waals surface area contributed by atoms with Gasteiger partial charge < -0.3 is 39.7 Å². The maximum absolute atomic E-state index is 13.6. The molecule has 0 radical (unpaired) electrons. The molecule has 12 heteroatoms. The summed E-state index contributed by atoms with van der Waals surface area (Å²) < 4.78 is 31.2. The predicted molar refractivity (Wildman–Crippen MR) is 152 cm³/mol. The van der Waals surface area contributed by atoms with Crippen molar-refractivity contribution in [2.24, 2.45) is 0 Å². The number of carbonyl (C=O) groups excluding carboxylic acids is 2. The van der Waals surface area contributed by atoms with E-state index in [1.54, 1.807) is 31.2 Å². The number of benzene rings is 2. The number of hydrogen-bond acceptors (Lipinski definition) is 8. The molecule has 0 spiro atoms. The van der Waals surface area contributed by atoms with Crippen LogP contribution in [0.15, 0.2) is 48.0 Å². The van der Waals surface area contributed by atoms with E-state index in [2.05, 4.69) is 5.32 Å². The van der Waals surface area contributed by atoms with Crippen LogP contribution in [-0.4, -0.2) is 83.8 Å². The lowest BCUT2D eigenvalue weighted by atomic mass is 9.87. The van der Waals surface area contributed by atoms with Crippen LogP contribution in [0.4, 0.5) is 4.39 Å². The second kappa shape index (κ2) is 15.3. The first kappa shape index (κ1) is 31.7. The summed E-state index contributed by atoms with van der Waals surface area (Å²) in [6.45, 7) is 1.37. The van der Waals surface area contributed by atoms with Crippen LogP contribution in [0.5, 0.6) is 11.5 Å². The van der Waals surface area contributed by atoms with Gasteiger partial charge in [0.2, 0.25) is 11.8 Å². The second-order valence-corrected chi connectivity index (χ2v) is 10.2. The summed E-state index contributed by atoms with van der Waals surface area (Å²) in [6.07, 6.45) is -0.869. The van der Waals surface area contributed by atoms with Gasteiger partial charge in [-0.05, 0) is 71.0 Å². The first-order valence-electron chi connectivity index (χ1n) is 12.8. The van der Waals surface area contributed by atoms with Gasteiger partial charge in [0.25, 0.3) is 0 Å². The van der Waals surface area contributed by atoms with E-state index in [0.29, 0.717) is 32.8 Å². The van der Waals surface area contributed by atoms with Crippen LogP contribution >= 0.6 is 22.6 Å². The molecule has 40 heavy (non-hydrogen) atoms. The fraction of sp³-hybridized carbons (Fsp3) is 0.429. The Morgan fingerprint density at radius 3 is 2.52 bits per heavy atom. The Labute approximate surface area is 245 Å². The molecule has 10 nitrogen and oxygen atoms in total. The third-order valence-electron chi connectivity index (χ3n) is 6.36. The van der Waals surface area contributed by atoms with E-state index in [0.717, 1.165) is 0 Å². The smallest absolute Gasteiger partial charge is 0.249 e. The average Bonchev–Trinajstić information content (AvgIpc) is 2.96. The van der Waals surface area contributed by atoms with Gasteiger partial charge in [0.05, 0.1) is 29.9 Å². The molecular formula is C28H34FIN2O8. The van der Waals surface area contributed by atoms with Crippen molar-refractivity contribution >= 4 is 34.4 Å². The summed E-state index contributed by atoms with van der Waals surface area (Å²) in [7, 11) is 1.44. The zero-order valence-corrected chi connectivity index (χ0v) is 24.5. The van der Waals surface area contributed by atoms with Crippen molar-refractivity contribution in [2.75, 3.05) is 33.5 Å². The molecule has 0 bridgehead atoms. The molecule has 3 rings (SSSR count). The molecule has 0 saturated carbocycles. The molecule has 2 aromatic rings. The molecule has 0 aliphatic heterocycles. The molecular weight excluding hydrogens is 638 g/mol. The van der Waals surface area contributed by atoms with Gasteiger partial charge in [-0.15, -0.1) is 0 Å². The zero-order chi connectivity index (χ0) is 29.2. The molecule has 1 aliphatic rings. The van der Waals surface area contributed by atoms with E-state index in [1.807, 2.05) is 22.6 Å². The Morgan fingerprint density at radius 1 is 1.18 bits per heavy atom. The summed E-state index contributed by atoms with van der Waals surface area (Å²) in [4.78, 5) is 27.7. The van der Waals surface area contributed by atoms with Crippen molar-refractivity contribution in [3.63, 3.8) is 0 Å². The van der Waals surface area contributed by atoms with Gasteiger partial charge in [-0.1, -0.05) is 12.1 Å². The van der Waals surface area contributed by atoms with Crippen LogP contribution < -0.4 is 14.8 Å². The van der Waals surface area contributed by atoms with Gasteiger partial charge in [-0.2, -0.15) is 0 Å². The lowest BCUT2D eigenvalue weighted by Crippen LogP contribution is -2.55. The van der Waals surface area contributed by atoms with Crippen molar-refractivity contribution in [1.82, 2.24) is 10.2 Å². The van der Waals surface area contributed by atoms with E-state index in [4.69, 9.17) is 14.2 Å². The highest BCUT2D eigenvalue weighted by Crippen LogP contribution is 2.37. The fourth-order valence-corrected chi connectivity index (χ4v) is 5.14. The van der Waals surface area contributed by atoms with Crippen LogP contribution in [0.2, 0.25) is 0 Å². The molecule has 0 saturated heterocycles. The number of ether oxygens (including phenoxy) is 3. The van der Waals surface area contributed by atoms with Crippen molar-refractivity contribution in [3.8, 4) is 11.5 Å². The molecule has 4 N–H and O–H groups in total. The maximum Gasteiger partial charge on any atom is 0.249 e. The molecule has 3 unspecified atom stereocenters. The van der Waals surface area contributed by atoms with Gasteiger partial charge in [0.15, 0.2) is 11.5 Å². The van der Waals surface area contributed by atoms with Crippen LogP contribution in [0.1, 0.15) is 24.5 Å². The van der Waals surface area contributed by atoms with Crippen molar-refractivity contribution in [2.45, 2.75) is 44.7 Å². The number of aliphatic hydroxyl groups excluding tert-OH is 3. The highest BCUT2D eigenvalue weighted by Gasteiger charge is 2.41. The molecule has 2 amide bonds. The van der Waals surface area contributed by atoms with Gasteiger partial charge in [-0.3, -0.25) is 9.59 Å². The van der Waals surface area contributed by atoms with Gasteiger partial charge in [0, 0.05) is 31.7 Å². The lowest BCUT2D eigenvalue weighted by Gasteiger charge is -2.40. The summed E-state index contributed by atoms with van der Waals surface area (Å²) in [5.74, 6) is -0.715. The van der Waals surface area contributed by atoms with E-state index < -0.39 is 35.9 Å². The number of amides is 2. The Morgan fingerprint density at radius 2 is 1.90 bits per heavy atom. The Balaban J connectivity index is 2.02. The third-order valence-corrected chi connectivity index (χ3v) is 7.16. The molecule has 218 valence electrons. The molecule has 2 aromatic carbocycles. The largest absolute Gasteiger partial charge is 0.493 e. The number of carbonyl (C=O) groups is 2. The van der Waals surface area contributed by atoms with Gasteiger partial charge in [-0.25, -0.2) is 4.39 Å². The fourth-order valence-electron chi connectivity index (χ4n) is 4.34. The minimum atomic E-state index is -1.28. The van der Waals surface area contributed by atoms with E-state index >= 15 is 0 Å². The molecule has 1 aliphatic carbocycles. The maximum atomic E-state index is 13.6. The average molecular weight is 672 g/mol. The zero-order valence-electron chi connectivity index (χ0n) is 22.3. The first-order chi connectivity index (χ1) is 19.2. The quantitative estimate of drug-likeness (QED) is 0.237. The number of methoxy groups -OCH3 is 1. The van der Waals surface area contributed by atoms with Crippen LogP contribution in [0.3, 0.4) is 0 Å². The predicted octanol–water partition coefficient (Wildman–Crippen LogP) is 1.91. The number of nitrogens with zero attached hydrogens (tertiary/aromatic N) is 1. The van der Waals surface area contributed by atoms with Gasteiger partial charge in [0.1, 0.15) is 24.6 Å². The highest BCUT2D eigenvalue weighted by molar-refractivity contribution is 14.1. The number of aliphatic hydroxyl groups is 3. The molecule has 3 atom stereocenters. The summed E-state index contributed by atoms with van der Waals surface area (Å²) in [5.41, 5.74) is 1.47. The van der Waals surface area contributed by atoms with Crippen LogP contribution in [0, 0.1) is 9.39 Å². The first-order valence-corrected chi connectivity index (χ1v) is 13.8. The van der Waals surface area contributed by atoms with Crippen LogP contribution in [-0.2, 0) is 27.5 Å². The SMILES string of the molecule is CCOCC(=O)N(Cc1ccc(F)cc1)C1CC(C(=O)NCCO)=CC(Oc2c(I)cc(CO)cc2OC)C1O. The summed E-state index contributed by atoms with van der Waals surface area (Å²) >= 11 is 2.02. The summed E-state index contributed by atoms with van der Waals surface area (Å²) in [5, 5.41) is 32.9. The molecule has 0 fully saturated rings. The summed E-state index contributed by atoms with van der Waals surface area (Å²) in [6, 6.07) is 8.04. The molecule has 0 aromatic heterocycles. The number of halogens is 2. The minimum absolute atomic E-state index is 0.00493. The van der Waals surface area contributed by atoms with Crippen molar-refractivity contribution < 1.29 is 43.5 Å². The Bertz CT molecular complexity index is 1190. The third kappa shape index (κ3) is 8.13. The topological polar surface area (TPSA) is 138 Å². The Kier molecular flexibility index (Phi) is 12.1. The number of rotatable bonds is 13. The number of nitrogens with one attached hydrogen (secondary N) is 1.